The fourth-order valence-electron chi connectivity index (χ4n) is 2.12. The molecule has 1 aliphatic rings. The highest BCUT2D eigenvalue weighted by molar-refractivity contribution is 7.07. The minimum atomic E-state index is 0.265. The first-order chi connectivity index (χ1) is 7.66. The number of carbonyl (C=O) groups excluding carboxylic acids is 1. The minimum Gasteiger partial charge on any atom is -0.344 e. The van der Waals surface area contributed by atoms with Crippen molar-refractivity contribution in [3.8, 4) is 0 Å². The second-order valence-electron chi connectivity index (χ2n) is 4.45. The summed E-state index contributed by atoms with van der Waals surface area (Å²) < 4.78 is 0. The van der Waals surface area contributed by atoms with Gasteiger partial charge in [0.25, 0.3) is 0 Å². The molecule has 0 bridgehead atoms. The molecule has 1 aliphatic heterocycles. The van der Waals surface area contributed by atoms with Crippen molar-refractivity contribution in [3.05, 3.63) is 22.4 Å². The van der Waals surface area contributed by atoms with Gasteiger partial charge in [-0.25, -0.2) is 0 Å². The Hall–Kier alpha value is -0.870. The molecular weight excluding hydrogens is 220 g/mol. The van der Waals surface area contributed by atoms with E-state index in [1.807, 2.05) is 11.9 Å². The number of nitrogens with one attached hydrogen (secondary N) is 1. The Morgan fingerprint density at radius 3 is 3.06 bits per heavy atom. The summed E-state index contributed by atoms with van der Waals surface area (Å²) in [5.41, 5.74) is 1.34. The highest BCUT2D eigenvalue weighted by atomic mass is 32.1. The number of nitrogens with zero attached hydrogens (tertiary/aromatic N) is 1. The molecule has 1 saturated heterocycles. The first kappa shape index (κ1) is 11.6. The van der Waals surface area contributed by atoms with Crippen LogP contribution in [0.3, 0.4) is 0 Å². The largest absolute Gasteiger partial charge is 0.344 e. The van der Waals surface area contributed by atoms with Crippen molar-refractivity contribution in [3.63, 3.8) is 0 Å². The average Bonchev–Trinajstić information content (AvgIpc) is 2.77. The fraction of sp³-hybridized carbons (Fsp3) is 0.583. The van der Waals surface area contributed by atoms with Crippen LogP contribution >= 0.6 is 11.3 Å². The van der Waals surface area contributed by atoms with Crippen LogP contribution in [0.5, 0.6) is 0 Å². The number of hydrogen-bond donors (Lipinski definition) is 1. The van der Waals surface area contributed by atoms with Crippen LogP contribution in [-0.2, 0) is 4.79 Å². The van der Waals surface area contributed by atoms with Gasteiger partial charge in [-0.3, -0.25) is 4.79 Å². The van der Waals surface area contributed by atoms with Gasteiger partial charge in [-0.05, 0) is 35.7 Å². The summed E-state index contributed by atoms with van der Waals surface area (Å²) >= 11 is 1.73. The lowest BCUT2D eigenvalue weighted by Gasteiger charge is -2.32. The summed E-state index contributed by atoms with van der Waals surface area (Å²) in [6.45, 7) is 3.01. The van der Waals surface area contributed by atoms with Crippen molar-refractivity contribution in [2.45, 2.75) is 31.8 Å². The van der Waals surface area contributed by atoms with Crippen molar-refractivity contribution >= 4 is 17.2 Å². The lowest BCUT2D eigenvalue weighted by atomic mass is 10.0. The molecule has 0 radical (unpaired) electrons. The molecule has 0 aromatic carbocycles. The topological polar surface area (TPSA) is 32.3 Å². The van der Waals surface area contributed by atoms with Crippen LogP contribution in [0.4, 0.5) is 0 Å². The normalized spacial score (nSPS) is 23.5. The molecule has 4 heteroatoms. The lowest BCUT2D eigenvalue weighted by Crippen LogP contribution is -2.47. The molecule has 16 heavy (non-hydrogen) atoms. The van der Waals surface area contributed by atoms with E-state index in [9.17, 15) is 4.79 Å². The SMILES string of the molecule is CC(NC1CCC(=O)N(C)C1)c1ccsc1. The van der Waals surface area contributed by atoms with E-state index < -0.39 is 0 Å². The number of piperidine rings is 1. The van der Waals surface area contributed by atoms with E-state index in [0.29, 0.717) is 18.5 Å². The van der Waals surface area contributed by atoms with Gasteiger partial charge < -0.3 is 10.2 Å². The van der Waals surface area contributed by atoms with Gasteiger partial charge in [-0.2, -0.15) is 11.3 Å². The predicted octanol–water partition coefficient (Wildman–Crippen LogP) is 2.02. The van der Waals surface area contributed by atoms with Crippen molar-refractivity contribution in [1.29, 1.82) is 0 Å². The van der Waals surface area contributed by atoms with Gasteiger partial charge in [0, 0.05) is 32.1 Å². The third-order valence-corrected chi connectivity index (χ3v) is 3.86. The first-order valence-corrected chi connectivity index (χ1v) is 6.63. The van der Waals surface area contributed by atoms with E-state index in [0.717, 1.165) is 13.0 Å². The van der Waals surface area contributed by atoms with E-state index in [1.165, 1.54) is 5.56 Å². The van der Waals surface area contributed by atoms with E-state index in [4.69, 9.17) is 0 Å². The molecule has 1 N–H and O–H groups in total. The summed E-state index contributed by atoms with van der Waals surface area (Å²) in [5, 5.41) is 7.86. The van der Waals surface area contributed by atoms with Gasteiger partial charge in [-0.15, -0.1) is 0 Å². The van der Waals surface area contributed by atoms with Gasteiger partial charge in [0.05, 0.1) is 0 Å². The monoisotopic (exact) mass is 238 g/mol. The molecule has 2 atom stereocenters. The molecule has 0 saturated carbocycles. The van der Waals surface area contributed by atoms with Gasteiger partial charge in [0.1, 0.15) is 0 Å². The van der Waals surface area contributed by atoms with Gasteiger partial charge in [0.2, 0.25) is 5.91 Å². The first-order valence-electron chi connectivity index (χ1n) is 5.69. The zero-order valence-electron chi connectivity index (χ0n) is 9.77. The van der Waals surface area contributed by atoms with Crippen LogP contribution in [0.15, 0.2) is 16.8 Å². The average molecular weight is 238 g/mol. The van der Waals surface area contributed by atoms with Crippen LogP contribution in [0.1, 0.15) is 31.4 Å². The van der Waals surface area contributed by atoms with Crippen molar-refractivity contribution in [2.24, 2.45) is 0 Å². The van der Waals surface area contributed by atoms with Crippen LogP contribution < -0.4 is 5.32 Å². The maximum atomic E-state index is 11.4. The molecule has 1 aromatic heterocycles. The number of likely N-dealkylation sites (N-methyl/N-ethyl adjacent to an activating group) is 1. The quantitative estimate of drug-likeness (QED) is 0.873. The van der Waals surface area contributed by atoms with Crippen molar-refractivity contribution < 1.29 is 4.79 Å². The Kier molecular flexibility index (Phi) is 3.61. The van der Waals surface area contributed by atoms with E-state index in [2.05, 4.69) is 29.1 Å². The predicted molar refractivity (Wildman–Crippen MR) is 66.5 cm³/mol. The number of likely N-dealkylation sites (tertiary alicyclic amines) is 1. The van der Waals surface area contributed by atoms with Crippen molar-refractivity contribution in [2.75, 3.05) is 13.6 Å². The van der Waals surface area contributed by atoms with Crippen LogP contribution in [-0.4, -0.2) is 30.4 Å². The second-order valence-corrected chi connectivity index (χ2v) is 5.23. The van der Waals surface area contributed by atoms with Crippen LogP contribution in [0.25, 0.3) is 0 Å². The molecule has 1 aromatic rings. The Morgan fingerprint density at radius 2 is 2.44 bits per heavy atom. The highest BCUT2D eigenvalue weighted by Gasteiger charge is 2.23. The molecule has 1 fully saturated rings. The van der Waals surface area contributed by atoms with Gasteiger partial charge >= 0.3 is 0 Å². The number of hydrogen-bond acceptors (Lipinski definition) is 3. The van der Waals surface area contributed by atoms with Crippen molar-refractivity contribution in [1.82, 2.24) is 10.2 Å². The molecule has 2 rings (SSSR count). The number of thiophene rings is 1. The molecule has 88 valence electrons. The smallest absolute Gasteiger partial charge is 0.222 e. The van der Waals surface area contributed by atoms with E-state index in [-0.39, 0.29) is 5.91 Å². The fourth-order valence-corrected chi connectivity index (χ4v) is 2.87. The maximum absolute atomic E-state index is 11.4. The van der Waals surface area contributed by atoms with Crippen LogP contribution in [0.2, 0.25) is 0 Å². The summed E-state index contributed by atoms with van der Waals surface area (Å²) in [6, 6.07) is 2.95. The third-order valence-electron chi connectivity index (χ3n) is 3.16. The Balaban J connectivity index is 1.88. The molecular formula is C12H18N2OS. The second kappa shape index (κ2) is 4.97. The summed E-state index contributed by atoms with van der Waals surface area (Å²) in [4.78, 5) is 13.2. The highest BCUT2D eigenvalue weighted by Crippen LogP contribution is 2.18. The zero-order valence-corrected chi connectivity index (χ0v) is 10.6. The van der Waals surface area contributed by atoms with Gasteiger partial charge in [-0.1, -0.05) is 0 Å². The van der Waals surface area contributed by atoms with Crippen LogP contribution in [0, 0.1) is 0 Å². The summed E-state index contributed by atoms with van der Waals surface area (Å²) in [7, 11) is 1.88. The molecule has 2 unspecified atom stereocenters. The summed E-state index contributed by atoms with van der Waals surface area (Å²) in [6.07, 6.45) is 1.63. The minimum absolute atomic E-state index is 0.265. The van der Waals surface area contributed by atoms with E-state index >= 15 is 0 Å². The Labute approximate surface area is 100 Å². The molecule has 2 heterocycles. The zero-order chi connectivity index (χ0) is 11.5. The Bertz CT molecular complexity index is 350. The van der Waals surface area contributed by atoms with Gasteiger partial charge in [0.15, 0.2) is 0 Å². The maximum Gasteiger partial charge on any atom is 0.222 e. The summed E-state index contributed by atoms with van der Waals surface area (Å²) in [5.74, 6) is 0.265. The van der Waals surface area contributed by atoms with E-state index in [1.54, 1.807) is 11.3 Å². The lowest BCUT2D eigenvalue weighted by molar-refractivity contribution is -0.132. The Morgan fingerprint density at radius 1 is 1.62 bits per heavy atom. The molecule has 0 aliphatic carbocycles. The number of rotatable bonds is 3. The number of carbonyl (C=O) groups is 1. The number of amides is 1. The molecule has 0 spiro atoms. The molecule has 1 amide bonds. The standard InChI is InChI=1S/C12H18N2OS/c1-9(10-5-6-16-8-10)13-11-3-4-12(15)14(2)7-11/h5-6,8-9,11,13H,3-4,7H2,1-2H3. The third kappa shape index (κ3) is 2.62. The molecule has 3 nitrogen and oxygen atoms in total.